The van der Waals surface area contributed by atoms with Crippen LogP contribution in [0, 0.1) is 17.8 Å². The smallest absolute Gasteiger partial charge is 0.268 e. The lowest BCUT2D eigenvalue weighted by molar-refractivity contribution is -0.132. The summed E-state index contributed by atoms with van der Waals surface area (Å²) in [5, 5.41) is 11.6. The van der Waals surface area contributed by atoms with Gasteiger partial charge in [0.15, 0.2) is 0 Å². The van der Waals surface area contributed by atoms with Crippen LogP contribution in [0.3, 0.4) is 0 Å². The van der Waals surface area contributed by atoms with E-state index in [1.807, 2.05) is 24.3 Å². The van der Waals surface area contributed by atoms with E-state index in [2.05, 4.69) is 26.3 Å². The average molecular weight is 588 g/mol. The summed E-state index contributed by atoms with van der Waals surface area (Å²) >= 11 is 0. The van der Waals surface area contributed by atoms with E-state index in [1.165, 1.54) is 0 Å². The maximum Gasteiger partial charge on any atom is 0.268 e. The number of aromatic amines is 1. The number of para-hydroxylation sites is 1. The number of halogens is 2. The second kappa shape index (κ2) is 13.9. The molecule has 4 amide bonds. The predicted octanol–water partition coefficient (Wildman–Crippen LogP) is 2.48. The predicted molar refractivity (Wildman–Crippen MR) is 152 cm³/mol. The van der Waals surface area contributed by atoms with Gasteiger partial charge >= 0.3 is 0 Å². The monoisotopic (exact) mass is 587 g/mol. The third kappa shape index (κ3) is 7.71. The SMILES string of the molecule is CC(C)C(NC(=O)c1cc2ccccc2[nH]1)C(=O)N[C@@H](CC1CCC(F)C(F)C1)C(=O)N[C@H](C=O)C[C@@H]1CCNC1=O. The van der Waals surface area contributed by atoms with Gasteiger partial charge in [-0.05, 0) is 62.5 Å². The fraction of sp³-hybridized carbons (Fsp3) is 0.567. The standard InChI is InChI=1S/C30H39F2N5O5/c1-16(2)26(37-29(41)25-14-18-5-3-4-6-23(18)35-25)30(42)36-24(12-17-7-8-21(31)22(32)11-17)28(40)34-20(15-38)13-19-9-10-33-27(19)39/h3-6,14-17,19-22,24,26,35H,7-13H2,1-2H3,(H,33,39)(H,34,40)(H,36,42)(H,37,41)/t17?,19-,20-,21?,22?,24-,26?/m0/s1. The number of carbonyl (C=O) groups is 5. The zero-order valence-corrected chi connectivity index (χ0v) is 23.8. The maximum atomic E-state index is 14.2. The third-order valence-corrected chi connectivity index (χ3v) is 8.21. The molecule has 4 unspecified atom stereocenters. The Kier molecular flexibility index (Phi) is 10.3. The molecule has 1 saturated carbocycles. The molecule has 7 atom stereocenters. The summed E-state index contributed by atoms with van der Waals surface area (Å²) in [6.07, 6.45) is -1.75. The highest BCUT2D eigenvalue weighted by atomic mass is 19.2. The molecular formula is C30H39F2N5O5. The van der Waals surface area contributed by atoms with Gasteiger partial charge in [0.1, 0.15) is 36.4 Å². The van der Waals surface area contributed by atoms with Crippen LogP contribution in [-0.4, -0.2) is 71.9 Å². The molecule has 12 heteroatoms. The number of hydrogen-bond donors (Lipinski definition) is 5. The van der Waals surface area contributed by atoms with E-state index < -0.39 is 54.1 Å². The first-order chi connectivity index (χ1) is 20.0. The Balaban J connectivity index is 1.47. The van der Waals surface area contributed by atoms with Crippen molar-refractivity contribution in [2.45, 2.75) is 82.8 Å². The first-order valence-electron chi connectivity index (χ1n) is 14.6. The molecule has 2 aromatic rings. The molecule has 42 heavy (non-hydrogen) atoms. The molecule has 0 bridgehead atoms. The lowest BCUT2D eigenvalue weighted by atomic mass is 9.82. The summed E-state index contributed by atoms with van der Waals surface area (Å²) in [6.45, 7) is 3.98. The van der Waals surface area contributed by atoms with Gasteiger partial charge in [-0.1, -0.05) is 32.0 Å². The van der Waals surface area contributed by atoms with E-state index >= 15 is 0 Å². The summed E-state index contributed by atoms with van der Waals surface area (Å²) in [7, 11) is 0. The van der Waals surface area contributed by atoms with E-state index in [-0.39, 0.29) is 49.1 Å². The van der Waals surface area contributed by atoms with Gasteiger partial charge in [-0.3, -0.25) is 19.2 Å². The molecule has 2 heterocycles. The number of hydrogen-bond acceptors (Lipinski definition) is 5. The number of carbonyl (C=O) groups excluding carboxylic acids is 5. The fourth-order valence-corrected chi connectivity index (χ4v) is 5.76. The normalized spacial score (nSPS) is 24.5. The van der Waals surface area contributed by atoms with Crippen LogP contribution in [0.4, 0.5) is 8.78 Å². The number of aldehydes is 1. The van der Waals surface area contributed by atoms with Crippen molar-refractivity contribution in [2.24, 2.45) is 17.8 Å². The number of fused-ring (bicyclic) bond motifs is 1. The Labute approximate surface area is 243 Å². The van der Waals surface area contributed by atoms with E-state index in [0.717, 1.165) is 10.9 Å². The van der Waals surface area contributed by atoms with Crippen molar-refractivity contribution in [1.29, 1.82) is 0 Å². The van der Waals surface area contributed by atoms with Crippen molar-refractivity contribution in [3.05, 3.63) is 36.0 Å². The molecule has 10 nitrogen and oxygen atoms in total. The van der Waals surface area contributed by atoms with Crippen LogP contribution in [0.2, 0.25) is 0 Å². The fourth-order valence-electron chi connectivity index (χ4n) is 5.76. The number of benzene rings is 1. The van der Waals surface area contributed by atoms with Gasteiger partial charge < -0.3 is 31.0 Å². The Morgan fingerprint density at radius 2 is 1.76 bits per heavy atom. The number of nitrogens with one attached hydrogen (secondary N) is 5. The molecule has 2 aliphatic rings. The van der Waals surface area contributed by atoms with Crippen LogP contribution >= 0.6 is 0 Å². The number of H-pyrrole nitrogens is 1. The van der Waals surface area contributed by atoms with Crippen LogP contribution in [0.25, 0.3) is 10.9 Å². The van der Waals surface area contributed by atoms with Crippen molar-refractivity contribution >= 4 is 40.8 Å². The van der Waals surface area contributed by atoms with Crippen molar-refractivity contribution in [3.8, 4) is 0 Å². The van der Waals surface area contributed by atoms with E-state index in [9.17, 15) is 32.8 Å². The van der Waals surface area contributed by atoms with Crippen LogP contribution in [-0.2, 0) is 19.2 Å². The zero-order valence-electron chi connectivity index (χ0n) is 23.8. The number of rotatable bonds is 12. The topological polar surface area (TPSA) is 149 Å². The maximum absolute atomic E-state index is 14.2. The minimum atomic E-state index is -1.66. The lowest BCUT2D eigenvalue weighted by Crippen LogP contribution is -2.57. The molecule has 4 rings (SSSR count). The van der Waals surface area contributed by atoms with Crippen LogP contribution in [0.1, 0.15) is 62.9 Å². The van der Waals surface area contributed by atoms with Gasteiger partial charge in [-0.25, -0.2) is 8.78 Å². The molecule has 5 N–H and O–H groups in total. The molecule has 1 aliphatic carbocycles. The summed E-state index contributed by atoms with van der Waals surface area (Å²) in [5.41, 5.74) is 1.03. The molecule has 1 aromatic carbocycles. The van der Waals surface area contributed by atoms with Crippen molar-refractivity contribution in [1.82, 2.24) is 26.3 Å². The van der Waals surface area contributed by atoms with Crippen molar-refractivity contribution in [3.63, 3.8) is 0 Å². The largest absolute Gasteiger partial charge is 0.356 e. The number of aromatic nitrogens is 1. The highest BCUT2D eigenvalue weighted by molar-refractivity contribution is 6.00. The van der Waals surface area contributed by atoms with Gasteiger partial charge in [0.25, 0.3) is 5.91 Å². The van der Waals surface area contributed by atoms with Crippen molar-refractivity contribution in [2.75, 3.05) is 6.54 Å². The molecule has 2 fully saturated rings. The third-order valence-electron chi connectivity index (χ3n) is 8.21. The molecule has 1 aromatic heterocycles. The first-order valence-corrected chi connectivity index (χ1v) is 14.6. The van der Waals surface area contributed by atoms with Crippen LogP contribution < -0.4 is 21.3 Å². The van der Waals surface area contributed by atoms with Gasteiger partial charge in [0.2, 0.25) is 17.7 Å². The summed E-state index contributed by atoms with van der Waals surface area (Å²) < 4.78 is 28.0. The highest BCUT2D eigenvalue weighted by Gasteiger charge is 2.36. The van der Waals surface area contributed by atoms with Gasteiger partial charge in [0, 0.05) is 23.4 Å². The minimum Gasteiger partial charge on any atom is -0.356 e. The zero-order chi connectivity index (χ0) is 30.4. The molecular weight excluding hydrogens is 548 g/mol. The van der Waals surface area contributed by atoms with Gasteiger partial charge in [-0.15, -0.1) is 0 Å². The average Bonchev–Trinajstić information content (AvgIpc) is 3.58. The minimum absolute atomic E-state index is 0.0110. The Bertz CT molecular complexity index is 1270. The van der Waals surface area contributed by atoms with Crippen LogP contribution in [0.15, 0.2) is 30.3 Å². The molecule has 1 aliphatic heterocycles. The quantitative estimate of drug-likeness (QED) is 0.242. The molecule has 1 saturated heterocycles. The molecule has 0 radical (unpaired) electrons. The highest BCUT2D eigenvalue weighted by Crippen LogP contribution is 2.32. The number of amides is 4. The Morgan fingerprint density at radius 1 is 1.00 bits per heavy atom. The number of alkyl halides is 2. The first kappa shape index (κ1) is 31.1. The Hall–Kier alpha value is -3.83. The van der Waals surface area contributed by atoms with Gasteiger partial charge in [0.05, 0.1) is 6.04 Å². The summed E-state index contributed by atoms with van der Waals surface area (Å²) in [6, 6.07) is 5.87. The van der Waals surface area contributed by atoms with Crippen LogP contribution in [0.5, 0.6) is 0 Å². The second-order valence-corrected chi connectivity index (χ2v) is 11.7. The lowest BCUT2D eigenvalue weighted by Gasteiger charge is -2.31. The van der Waals surface area contributed by atoms with Crippen molar-refractivity contribution < 1.29 is 32.8 Å². The van der Waals surface area contributed by atoms with Gasteiger partial charge in [-0.2, -0.15) is 0 Å². The summed E-state index contributed by atoms with van der Waals surface area (Å²) in [5.74, 6) is -3.14. The summed E-state index contributed by atoms with van der Waals surface area (Å²) in [4.78, 5) is 66.8. The Morgan fingerprint density at radius 3 is 2.40 bits per heavy atom. The van der Waals surface area contributed by atoms with E-state index in [1.54, 1.807) is 19.9 Å². The molecule has 0 spiro atoms. The second-order valence-electron chi connectivity index (χ2n) is 11.7. The van der Waals surface area contributed by atoms with E-state index in [0.29, 0.717) is 25.7 Å². The molecule has 228 valence electrons. The van der Waals surface area contributed by atoms with E-state index in [4.69, 9.17) is 0 Å².